The molecule has 126 valence electrons. The number of hydrogen-bond donors (Lipinski definition) is 0. The molecule has 0 amide bonds. The largest absolute Gasteiger partial charge is 0.458 e. The van der Waals surface area contributed by atoms with Crippen molar-refractivity contribution in [2.75, 3.05) is 11.4 Å². The van der Waals surface area contributed by atoms with Crippen LogP contribution in [-0.4, -0.2) is 34.9 Å². The van der Waals surface area contributed by atoms with Gasteiger partial charge in [-0.2, -0.15) is 0 Å². The molecule has 0 saturated carbocycles. The summed E-state index contributed by atoms with van der Waals surface area (Å²) in [4.78, 5) is 36.7. The zero-order valence-corrected chi connectivity index (χ0v) is 14.4. The summed E-state index contributed by atoms with van der Waals surface area (Å²) in [6.07, 6.45) is 1.33. The van der Waals surface area contributed by atoms with Gasteiger partial charge in [0.25, 0.3) is 0 Å². The lowest BCUT2D eigenvalue weighted by Crippen LogP contribution is -2.40. The normalized spacial score (nSPS) is 18.1. The van der Waals surface area contributed by atoms with Gasteiger partial charge in [-0.25, -0.2) is 4.79 Å². The quantitative estimate of drug-likeness (QED) is 0.362. The van der Waals surface area contributed by atoms with Gasteiger partial charge in [0.2, 0.25) is 0 Å². The molecule has 23 heavy (non-hydrogen) atoms. The van der Waals surface area contributed by atoms with Crippen molar-refractivity contribution in [3.8, 4) is 0 Å². The van der Waals surface area contributed by atoms with Gasteiger partial charge in [0.1, 0.15) is 11.6 Å². The molecule has 1 saturated heterocycles. The van der Waals surface area contributed by atoms with Crippen molar-refractivity contribution in [1.82, 2.24) is 0 Å². The Balaban J connectivity index is 2.34. The van der Waals surface area contributed by atoms with Crippen LogP contribution >= 0.6 is 11.3 Å². The maximum Gasteiger partial charge on any atom is 0.329 e. The Morgan fingerprint density at radius 2 is 2.09 bits per heavy atom. The Morgan fingerprint density at radius 3 is 2.61 bits per heavy atom. The number of hydrogen-bond acceptors (Lipinski definition) is 7. The molecular weight excluding hydrogens is 320 g/mol. The third kappa shape index (κ3) is 3.87. The summed E-state index contributed by atoms with van der Waals surface area (Å²) in [6.45, 7) is 7.25. The van der Waals surface area contributed by atoms with E-state index >= 15 is 0 Å². The average Bonchev–Trinajstić information content (AvgIpc) is 3.03. The van der Waals surface area contributed by atoms with Crippen LogP contribution in [0.2, 0.25) is 0 Å². The maximum absolute atomic E-state index is 12.4. The van der Waals surface area contributed by atoms with Crippen LogP contribution < -0.4 is 4.90 Å². The van der Waals surface area contributed by atoms with Crippen molar-refractivity contribution >= 4 is 33.8 Å². The number of nitro groups is 1. The molecule has 7 nitrogen and oxygen atoms in total. The lowest BCUT2D eigenvalue weighted by atomic mass is 10.1. The standard InChI is InChI=1S/C15H20N2O5S/c1-9(18)12-8-11(17(20)21)13(23-12)16-7-5-6-10(16)14(19)22-15(2,3)4/h8,10H,5-7H2,1-4H3/t10-/m0/s1. The lowest BCUT2D eigenvalue weighted by molar-refractivity contribution is -0.383. The van der Waals surface area contributed by atoms with Crippen LogP contribution in [-0.2, 0) is 9.53 Å². The van der Waals surface area contributed by atoms with Gasteiger partial charge in [-0.15, -0.1) is 11.3 Å². The summed E-state index contributed by atoms with van der Waals surface area (Å²) in [5, 5.41) is 11.6. The van der Waals surface area contributed by atoms with Gasteiger partial charge in [-0.1, -0.05) is 0 Å². The summed E-state index contributed by atoms with van der Waals surface area (Å²) in [5.41, 5.74) is -0.743. The molecule has 2 rings (SSSR count). The second kappa shape index (κ2) is 6.27. The molecule has 0 N–H and O–H groups in total. The second-order valence-corrected chi connectivity index (χ2v) is 7.53. The number of carbonyl (C=O) groups excluding carboxylic acids is 2. The number of nitrogens with zero attached hydrogens (tertiary/aromatic N) is 2. The van der Waals surface area contributed by atoms with Crippen LogP contribution in [0.4, 0.5) is 10.7 Å². The molecule has 0 bridgehead atoms. The van der Waals surface area contributed by atoms with E-state index in [4.69, 9.17) is 4.74 Å². The number of carbonyl (C=O) groups is 2. The lowest BCUT2D eigenvalue weighted by Gasteiger charge is -2.27. The van der Waals surface area contributed by atoms with E-state index in [1.54, 1.807) is 25.7 Å². The molecule has 0 radical (unpaired) electrons. The Kier molecular flexibility index (Phi) is 4.74. The third-order valence-electron chi connectivity index (χ3n) is 3.43. The van der Waals surface area contributed by atoms with Crippen LogP contribution in [0, 0.1) is 10.1 Å². The van der Waals surface area contributed by atoms with Crippen molar-refractivity contribution in [3.63, 3.8) is 0 Å². The minimum Gasteiger partial charge on any atom is -0.458 e. The van der Waals surface area contributed by atoms with E-state index in [2.05, 4.69) is 0 Å². The first-order chi connectivity index (χ1) is 10.6. The first-order valence-electron chi connectivity index (χ1n) is 7.39. The zero-order chi connectivity index (χ0) is 17.4. The predicted octanol–water partition coefficient (Wildman–Crippen LogP) is 3.17. The molecule has 8 heteroatoms. The van der Waals surface area contributed by atoms with E-state index in [0.29, 0.717) is 22.8 Å². The zero-order valence-electron chi connectivity index (χ0n) is 13.6. The highest BCUT2D eigenvalue weighted by Gasteiger charge is 2.38. The van der Waals surface area contributed by atoms with E-state index in [9.17, 15) is 19.7 Å². The van der Waals surface area contributed by atoms with Gasteiger partial charge >= 0.3 is 11.7 Å². The van der Waals surface area contributed by atoms with Crippen LogP contribution in [0.5, 0.6) is 0 Å². The van der Waals surface area contributed by atoms with Crippen LogP contribution in [0.1, 0.15) is 50.2 Å². The van der Waals surface area contributed by atoms with Gasteiger partial charge in [0, 0.05) is 12.6 Å². The van der Waals surface area contributed by atoms with Crippen molar-refractivity contribution in [1.29, 1.82) is 0 Å². The molecule has 1 aliphatic heterocycles. The average molecular weight is 340 g/mol. The molecule has 1 atom stereocenters. The molecular formula is C15H20N2O5S. The number of rotatable bonds is 4. The first-order valence-corrected chi connectivity index (χ1v) is 8.20. The van der Waals surface area contributed by atoms with Gasteiger partial charge < -0.3 is 9.64 Å². The molecule has 0 unspecified atom stereocenters. The van der Waals surface area contributed by atoms with Crippen LogP contribution in [0.25, 0.3) is 0 Å². The number of thiophene rings is 1. The van der Waals surface area contributed by atoms with Crippen molar-refractivity contribution in [2.45, 2.75) is 52.2 Å². The Bertz CT molecular complexity index is 647. The molecule has 1 aliphatic rings. The van der Waals surface area contributed by atoms with Gasteiger partial charge in [0.05, 0.1) is 9.80 Å². The summed E-state index contributed by atoms with van der Waals surface area (Å²) in [5.74, 6) is -0.612. The van der Waals surface area contributed by atoms with E-state index in [-0.39, 0.29) is 17.4 Å². The second-order valence-electron chi connectivity index (χ2n) is 6.50. The SMILES string of the molecule is CC(=O)c1cc([N+](=O)[O-])c(N2CCC[C@H]2C(=O)OC(C)(C)C)s1. The van der Waals surface area contributed by atoms with E-state index in [1.165, 1.54) is 13.0 Å². The molecule has 0 aromatic carbocycles. The number of esters is 1. The maximum atomic E-state index is 12.4. The first kappa shape index (κ1) is 17.4. The highest BCUT2D eigenvalue weighted by atomic mass is 32.1. The summed E-state index contributed by atoms with van der Waals surface area (Å²) in [6, 6.07) is 0.735. The Hall–Kier alpha value is -1.96. The topological polar surface area (TPSA) is 89.8 Å². The minimum atomic E-state index is -0.614. The van der Waals surface area contributed by atoms with E-state index in [0.717, 1.165) is 17.8 Å². The fourth-order valence-corrected chi connectivity index (χ4v) is 3.60. The van der Waals surface area contributed by atoms with Crippen LogP contribution in [0.3, 0.4) is 0 Å². The van der Waals surface area contributed by atoms with Crippen LogP contribution in [0.15, 0.2) is 6.07 Å². The molecule has 2 heterocycles. The third-order valence-corrected chi connectivity index (χ3v) is 4.69. The highest BCUT2D eigenvalue weighted by molar-refractivity contribution is 7.18. The van der Waals surface area contributed by atoms with E-state index in [1.807, 2.05) is 0 Å². The molecule has 0 spiro atoms. The predicted molar refractivity (Wildman–Crippen MR) is 87.2 cm³/mol. The number of ketones is 1. The van der Waals surface area contributed by atoms with Gasteiger partial charge in [0.15, 0.2) is 10.8 Å². The van der Waals surface area contributed by atoms with Crippen molar-refractivity contribution < 1.29 is 19.2 Å². The van der Waals surface area contributed by atoms with Crippen molar-refractivity contribution in [3.05, 3.63) is 21.1 Å². The molecule has 1 aromatic rings. The fourth-order valence-electron chi connectivity index (χ4n) is 2.51. The smallest absolute Gasteiger partial charge is 0.329 e. The molecule has 1 aromatic heterocycles. The molecule has 1 fully saturated rings. The summed E-state index contributed by atoms with van der Waals surface area (Å²) in [7, 11) is 0. The number of ether oxygens (including phenoxy) is 1. The Morgan fingerprint density at radius 1 is 1.43 bits per heavy atom. The number of Topliss-reactive ketones (excluding diaryl/α,β-unsaturated/α-hetero) is 1. The minimum absolute atomic E-state index is 0.129. The summed E-state index contributed by atoms with van der Waals surface area (Å²) < 4.78 is 5.42. The fraction of sp³-hybridized carbons (Fsp3) is 0.600. The monoisotopic (exact) mass is 340 g/mol. The number of anilines is 1. The molecule has 0 aliphatic carbocycles. The van der Waals surface area contributed by atoms with E-state index < -0.39 is 16.6 Å². The van der Waals surface area contributed by atoms with Gasteiger partial charge in [-0.3, -0.25) is 14.9 Å². The van der Waals surface area contributed by atoms with Gasteiger partial charge in [-0.05, 0) is 40.5 Å². The van der Waals surface area contributed by atoms with Crippen molar-refractivity contribution in [2.24, 2.45) is 0 Å². The summed E-state index contributed by atoms with van der Waals surface area (Å²) >= 11 is 1.06. The Labute approximate surface area is 138 Å². The highest BCUT2D eigenvalue weighted by Crippen LogP contribution is 2.41.